The van der Waals surface area contributed by atoms with Crippen LogP contribution in [-0.2, 0) is 28.7 Å². The smallest absolute Gasteiger partial charge is 0.369 e. The number of carbonyl (C=O) groups excluding carboxylic acids is 2. The van der Waals surface area contributed by atoms with Gasteiger partial charge in [-0.05, 0) is 12.1 Å². The molecule has 0 saturated carbocycles. The molecule has 0 atom stereocenters. The summed E-state index contributed by atoms with van der Waals surface area (Å²) in [5.41, 5.74) is 5.78. The Hall–Kier alpha value is -2.95. The highest BCUT2D eigenvalue weighted by atomic mass is 32.1. The number of para-hydroxylation sites is 2. The van der Waals surface area contributed by atoms with Crippen LogP contribution >= 0.6 is 11.3 Å². The van der Waals surface area contributed by atoms with Gasteiger partial charge in [0.25, 0.3) is 0 Å². The zero-order valence-electron chi connectivity index (χ0n) is 13.1. The molecule has 0 aliphatic rings. The maximum absolute atomic E-state index is 13.2. The highest BCUT2D eigenvalue weighted by Gasteiger charge is 2.38. The molecule has 0 radical (unpaired) electrons. The fourth-order valence-corrected chi connectivity index (χ4v) is 3.10. The van der Waals surface area contributed by atoms with Crippen molar-refractivity contribution in [2.75, 3.05) is 5.32 Å². The van der Waals surface area contributed by atoms with Crippen molar-refractivity contribution in [1.82, 2.24) is 14.5 Å². The lowest BCUT2D eigenvalue weighted by Crippen LogP contribution is -2.23. The zero-order valence-corrected chi connectivity index (χ0v) is 13.9. The van der Waals surface area contributed by atoms with Crippen LogP contribution in [0.5, 0.6) is 0 Å². The van der Waals surface area contributed by atoms with Gasteiger partial charge in [-0.15, -0.1) is 11.3 Å². The van der Waals surface area contributed by atoms with Gasteiger partial charge in [-0.3, -0.25) is 9.59 Å². The van der Waals surface area contributed by atoms with Crippen molar-refractivity contribution in [3.05, 3.63) is 41.2 Å². The summed E-state index contributed by atoms with van der Waals surface area (Å²) >= 11 is 1.05. The molecule has 2 amide bonds. The van der Waals surface area contributed by atoms with E-state index in [2.05, 4.69) is 15.3 Å². The monoisotopic (exact) mass is 383 g/mol. The number of imidazole rings is 1. The molecule has 136 valence electrons. The number of thiazole rings is 1. The van der Waals surface area contributed by atoms with Gasteiger partial charge in [0, 0.05) is 5.38 Å². The van der Waals surface area contributed by atoms with Gasteiger partial charge in [0.2, 0.25) is 17.6 Å². The first-order chi connectivity index (χ1) is 12.2. The van der Waals surface area contributed by atoms with Gasteiger partial charge in [0.15, 0.2) is 5.13 Å². The van der Waals surface area contributed by atoms with Gasteiger partial charge in [0.05, 0.1) is 23.1 Å². The quantitative estimate of drug-likeness (QED) is 0.705. The molecule has 3 N–H and O–H groups in total. The number of nitrogens with zero attached hydrogens (tertiary/aromatic N) is 3. The van der Waals surface area contributed by atoms with Gasteiger partial charge in [0.1, 0.15) is 6.54 Å². The number of carbonyl (C=O) groups is 2. The normalized spacial score (nSPS) is 11.7. The fraction of sp³-hybridized carbons (Fsp3) is 0.200. The number of hydrogen-bond acceptors (Lipinski definition) is 5. The van der Waals surface area contributed by atoms with Crippen LogP contribution in [0.25, 0.3) is 11.0 Å². The molecule has 2 heterocycles. The topological polar surface area (TPSA) is 103 Å². The van der Waals surface area contributed by atoms with E-state index >= 15 is 0 Å². The largest absolute Gasteiger partial charge is 0.449 e. The minimum atomic E-state index is -4.70. The number of nitrogens with two attached hydrogens (primary N) is 1. The molecule has 2 aromatic heterocycles. The molecule has 0 saturated heterocycles. The number of aromatic nitrogens is 3. The highest BCUT2D eigenvalue weighted by Crippen LogP contribution is 2.31. The molecule has 3 rings (SSSR count). The molecule has 0 aliphatic heterocycles. The summed E-state index contributed by atoms with van der Waals surface area (Å²) in [6.07, 6.45) is -4.79. The van der Waals surface area contributed by atoms with Crippen LogP contribution in [0.4, 0.5) is 18.3 Å². The summed E-state index contributed by atoms with van der Waals surface area (Å²) in [6.45, 7) is -0.583. The standard InChI is InChI=1S/C15H12F3N5O2S/c16-15(17,18)13-21-9-3-1-2-4-10(9)23(13)6-12(25)22-14-20-8(7-26-14)5-11(19)24/h1-4,7H,5-6H2,(H2,19,24)(H,20,22,25). The predicted octanol–water partition coefficient (Wildman–Crippen LogP) is 2.18. The number of anilines is 1. The molecular weight excluding hydrogens is 371 g/mol. The summed E-state index contributed by atoms with van der Waals surface area (Å²) < 4.78 is 40.5. The first kappa shape index (κ1) is 17.9. The van der Waals surface area contributed by atoms with Crippen LogP contribution in [0.1, 0.15) is 11.5 Å². The summed E-state index contributed by atoms with van der Waals surface area (Å²) in [6, 6.07) is 6.03. The Morgan fingerprint density at radius 3 is 2.65 bits per heavy atom. The van der Waals surface area contributed by atoms with Crippen LogP contribution in [0, 0.1) is 0 Å². The number of fused-ring (bicyclic) bond motifs is 1. The summed E-state index contributed by atoms with van der Waals surface area (Å²) in [5.74, 6) is -2.42. The van der Waals surface area contributed by atoms with Crippen LogP contribution in [0.2, 0.25) is 0 Å². The molecular formula is C15H12F3N5O2S. The first-order valence-corrected chi connectivity index (χ1v) is 8.17. The highest BCUT2D eigenvalue weighted by molar-refractivity contribution is 7.13. The Labute approximate surface area is 148 Å². The Kier molecular flexibility index (Phi) is 4.64. The first-order valence-electron chi connectivity index (χ1n) is 7.29. The molecule has 3 aromatic rings. The third-order valence-electron chi connectivity index (χ3n) is 3.36. The minimum absolute atomic E-state index is 0.0866. The molecule has 1 aromatic carbocycles. The SMILES string of the molecule is NC(=O)Cc1csc(NC(=O)Cn2c(C(F)(F)F)nc3ccccc32)n1. The van der Waals surface area contributed by atoms with Crippen LogP contribution in [0.3, 0.4) is 0 Å². The number of amides is 2. The van der Waals surface area contributed by atoms with E-state index in [1.165, 1.54) is 17.5 Å². The van der Waals surface area contributed by atoms with Gasteiger partial charge in [-0.25, -0.2) is 9.97 Å². The number of nitrogens with one attached hydrogen (secondary N) is 1. The second-order valence-corrected chi connectivity index (χ2v) is 6.20. The number of alkyl halides is 3. The minimum Gasteiger partial charge on any atom is -0.369 e. The molecule has 0 aliphatic carbocycles. The van der Waals surface area contributed by atoms with E-state index < -0.39 is 30.4 Å². The lowest BCUT2D eigenvalue weighted by Gasteiger charge is -2.10. The van der Waals surface area contributed by atoms with E-state index in [0.29, 0.717) is 5.69 Å². The third-order valence-corrected chi connectivity index (χ3v) is 4.17. The number of primary amides is 1. The van der Waals surface area contributed by atoms with Crippen molar-refractivity contribution in [1.29, 1.82) is 0 Å². The Balaban J connectivity index is 1.83. The average molecular weight is 383 g/mol. The molecule has 0 unspecified atom stereocenters. The molecule has 11 heteroatoms. The van der Waals surface area contributed by atoms with Gasteiger partial charge in [-0.2, -0.15) is 13.2 Å². The number of rotatable bonds is 5. The van der Waals surface area contributed by atoms with E-state index in [0.717, 1.165) is 15.9 Å². The molecule has 0 fully saturated rings. The Bertz CT molecular complexity index is 979. The Morgan fingerprint density at radius 2 is 1.96 bits per heavy atom. The zero-order chi connectivity index (χ0) is 18.9. The van der Waals surface area contributed by atoms with Crippen LogP contribution in [0.15, 0.2) is 29.6 Å². The van der Waals surface area contributed by atoms with Crippen LogP contribution in [-0.4, -0.2) is 26.3 Å². The van der Waals surface area contributed by atoms with E-state index in [1.807, 2.05) is 0 Å². The van der Waals surface area contributed by atoms with Gasteiger partial charge < -0.3 is 15.6 Å². The fourth-order valence-electron chi connectivity index (χ4n) is 2.38. The van der Waals surface area contributed by atoms with E-state index in [4.69, 9.17) is 5.73 Å². The van der Waals surface area contributed by atoms with E-state index in [9.17, 15) is 22.8 Å². The van der Waals surface area contributed by atoms with Crippen molar-refractivity contribution in [2.24, 2.45) is 5.73 Å². The van der Waals surface area contributed by atoms with Crippen molar-refractivity contribution >= 4 is 39.3 Å². The van der Waals surface area contributed by atoms with E-state index in [1.54, 1.807) is 12.1 Å². The van der Waals surface area contributed by atoms with Crippen molar-refractivity contribution in [3.63, 3.8) is 0 Å². The number of benzene rings is 1. The molecule has 0 bridgehead atoms. The average Bonchev–Trinajstić information content (AvgIpc) is 3.11. The van der Waals surface area contributed by atoms with Crippen LogP contribution < -0.4 is 11.1 Å². The predicted molar refractivity (Wildman–Crippen MR) is 88.4 cm³/mol. The number of halogens is 3. The molecule has 26 heavy (non-hydrogen) atoms. The summed E-state index contributed by atoms with van der Waals surface area (Å²) in [5, 5.41) is 4.12. The summed E-state index contributed by atoms with van der Waals surface area (Å²) in [7, 11) is 0. The molecule has 7 nitrogen and oxygen atoms in total. The summed E-state index contributed by atoms with van der Waals surface area (Å²) in [4.78, 5) is 30.6. The third kappa shape index (κ3) is 3.82. The van der Waals surface area contributed by atoms with Crippen molar-refractivity contribution < 1.29 is 22.8 Å². The van der Waals surface area contributed by atoms with Gasteiger partial charge >= 0.3 is 6.18 Å². The Morgan fingerprint density at radius 1 is 1.23 bits per heavy atom. The lowest BCUT2D eigenvalue weighted by atomic mass is 10.3. The molecule has 0 spiro atoms. The van der Waals surface area contributed by atoms with E-state index in [-0.39, 0.29) is 22.6 Å². The van der Waals surface area contributed by atoms with Crippen molar-refractivity contribution in [3.8, 4) is 0 Å². The van der Waals surface area contributed by atoms with Crippen molar-refractivity contribution in [2.45, 2.75) is 19.1 Å². The maximum atomic E-state index is 13.2. The van der Waals surface area contributed by atoms with Gasteiger partial charge in [-0.1, -0.05) is 12.1 Å². The second-order valence-electron chi connectivity index (χ2n) is 5.34. The lowest BCUT2D eigenvalue weighted by molar-refractivity contribution is -0.147. The second kappa shape index (κ2) is 6.75. The maximum Gasteiger partial charge on any atom is 0.449 e. The number of hydrogen-bond donors (Lipinski definition) is 2.